The quantitative estimate of drug-likeness (QED) is 0.0924. The van der Waals surface area contributed by atoms with Gasteiger partial charge >= 0.3 is 7.12 Å². The predicted octanol–water partition coefficient (Wildman–Crippen LogP) is 8.20. The molecule has 2 spiro atoms. The number of nitrogens with zero attached hydrogens (tertiary/aromatic N) is 4. The molecule has 0 bridgehead atoms. The van der Waals surface area contributed by atoms with Gasteiger partial charge in [-0.3, -0.25) is 24.5 Å². The Morgan fingerprint density at radius 2 is 1.11 bits per heavy atom. The van der Waals surface area contributed by atoms with E-state index in [0.29, 0.717) is 5.15 Å². The van der Waals surface area contributed by atoms with Gasteiger partial charge in [-0.15, -0.1) is 0 Å². The molecule has 394 valence electrons. The van der Waals surface area contributed by atoms with Crippen LogP contribution in [0.2, 0.25) is 5.15 Å². The smallest absolute Gasteiger partial charge is 0.489 e. The molecular formula is C58H64BClN8O8. The summed E-state index contributed by atoms with van der Waals surface area (Å²) in [7, 11) is -0.407. The van der Waals surface area contributed by atoms with E-state index in [4.69, 9.17) is 44.8 Å². The van der Waals surface area contributed by atoms with E-state index in [-0.39, 0.29) is 46.3 Å². The third kappa shape index (κ3) is 9.49. The van der Waals surface area contributed by atoms with Gasteiger partial charge in [-0.2, -0.15) is 0 Å². The number of hydrogen-bond acceptors (Lipinski definition) is 12. The molecule has 6 aromatic rings. The number of aromatic amines is 2. The van der Waals surface area contributed by atoms with E-state index < -0.39 is 7.12 Å². The van der Waals surface area contributed by atoms with Crippen molar-refractivity contribution in [3.05, 3.63) is 111 Å². The first-order valence-electron chi connectivity index (χ1n) is 27.2. The molecule has 0 radical (unpaired) electrons. The Morgan fingerprint density at radius 3 is 1.64 bits per heavy atom. The molecule has 16 nitrogen and oxygen atoms in total. The van der Waals surface area contributed by atoms with E-state index in [1.807, 2.05) is 64.5 Å². The highest BCUT2D eigenvalue weighted by Gasteiger charge is 2.53. The molecule has 18 heteroatoms. The Kier molecular flexibility index (Phi) is 12.4. The third-order valence-corrected chi connectivity index (χ3v) is 17.5. The molecule has 15 rings (SSSR count). The van der Waals surface area contributed by atoms with Crippen molar-refractivity contribution in [3.8, 4) is 45.3 Å². The summed E-state index contributed by atoms with van der Waals surface area (Å²) in [5, 5.41) is 6.95. The zero-order chi connectivity index (χ0) is 52.0. The van der Waals surface area contributed by atoms with Gasteiger partial charge in [0, 0.05) is 108 Å². The number of ether oxygens (including phenoxy) is 4. The number of amides is 2. The van der Waals surface area contributed by atoms with E-state index >= 15 is 0 Å². The lowest BCUT2D eigenvalue weighted by molar-refractivity contribution is 0.00578. The normalized spacial score (nSPS) is 21.7. The fourth-order valence-electron chi connectivity index (χ4n) is 11.9. The van der Waals surface area contributed by atoms with E-state index in [0.717, 1.165) is 201 Å². The Labute approximate surface area is 447 Å². The lowest BCUT2D eigenvalue weighted by Gasteiger charge is -2.32. The number of carbonyl (C=O) groups is 2. The number of halogens is 1. The average molecular weight is 1050 g/mol. The molecule has 76 heavy (non-hydrogen) atoms. The maximum atomic E-state index is 12.9. The highest BCUT2D eigenvalue weighted by molar-refractivity contribution is 6.62. The van der Waals surface area contributed by atoms with E-state index in [9.17, 15) is 9.59 Å². The van der Waals surface area contributed by atoms with Crippen LogP contribution in [0.3, 0.4) is 0 Å². The summed E-state index contributed by atoms with van der Waals surface area (Å²) in [6, 6.07) is 8.02. The summed E-state index contributed by atoms with van der Waals surface area (Å²) >= 11 is 6.05. The number of aromatic nitrogens is 6. The molecule has 11 heterocycles. The lowest BCUT2D eigenvalue weighted by Crippen LogP contribution is -2.43. The highest BCUT2D eigenvalue weighted by atomic mass is 35.5. The Hall–Kier alpha value is -6.11. The summed E-state index contributed by atoms with van der Waals surface area (Å²) in [6.45, 7) is 11.2. The first-order valence-corrected chi connectivity index (χ1v) is 27.6. The molecular weight excluding hydrogens is 983 g/mol. The molecule has 6 aromatic heterocycles. The van der Waals surface area contributed by atoms with Crippen LogP contribution in [0.15, 0.2) is 61.4 Å². The minimum atomic E-state index is -0.407. The van der Waals surface area contributed by atoms with E-state index in [1.165, 1.54) is 11.1 Å². The van der Waals surface area contributed by atoms with Crippen molar-refractivity contribution >= 4 is 36.0 Å². The van der Waals surface area contributed by atoms with Crippen molar-refractivity contribution in [2.45, 2.75) is 152 Å². The zero-order valence-corrected chi connectivity index (χ0v) is 44.4. The maximum Gasteiger partial charge on any atom is 0.496 e. The summed E-state index contributed by atoms with van der Waals surface area (Å²) in [5.41, 5.74) is 15.1. The SMILES string of the molecule is CC1(C)OB(c2cncc(OC3CCOCC3)c2)OC1(C)C.O=C1NC2(CC2)Cc2[nH]c3c(c21)CCc1cnc(-c2cncc(OC4CCOCC4)c2)cc1-3.O=C1NC2(CC2)Cc2[nH]c3c(c21)CCc1cnc(Cl)cc1-3. The Bertz CT molecular complexity index is 3250. The summed E-state index contributed by atoms with van der Waals surface area (Å²) < 4.78 is 35.1. The van der Waals surface area contributed by atoms with Crippen molar-refractivity contribution in [2.24, 2.45) is 0 Å². The second kappa shape index (κ2) is 19.1. The van der Waals surface area contributed by atoms with Crippen LogP contribution in [0.25, 0.3) is 33.8 Å². The number of H-pyrrole nitrogens is 2. The Balaban J connectivity index is 0.000000114. The van der Waals surface area contributed by atoms with Gasteiger partial charge in [-0.1, -0.05) is 11.6 Å². The molecule has 4 aliphatic carbocycles. The third-order valence-electron chi connectivity index (χ3n) is 17.3. The largest absolute Gasteiger partial charge is 0.496 e. The predicted molar refractivity (Wildman–Crippen MR) is 286 cm³/mol. The molecule has 2 saturated carbocycles. The number of rotatable bonds is 6. The van der Waals surface area contributed by atoms with Crippen molar-refractivity contribution in [2.75, 3.05) is 26.4 Å². The summed E-state index contributed by atoms with van der Waals surface area (Å²) in [5.74, 6) is 1.71. The van der Waals surface area contributed by atoms with Gasteiger partial charge in [0.2, 0.25) is 0 Å². The minimum Gasteiger partial charge on any atom is -0.489 e. The van der Waals surface area contributed by atoms with E-state index in [2.05, 4.69) is 41.6 Å². The van der Waals surface area contributed by atoms with Crippen LogP contribution in [0.4, 0.5) is 0 Å². The van der Waals surface area contributed by atoms with Gasteiger partial charge in [0.25, 0.3) is 11.8 Å². The fraction of sp³-hybridized carbons (Fsp3) is 0.483. The fourth-order valence-corrected chi connectivity index (χ4v) is 12.1. The molecule has 2 amide bonds. The lowest BCUT2D eigenvalue weighted by atomic mass is 9.80. The van der Waals surface area contributed by atoms with Crippen LogP contribution in [0.1, 0.15) is 133 Å². The number of hydrogen-bond donors (Lipinski definition) is 4. The van der Waals surface area contributed by atoms with Crippen LogP contribution in [-0.4, -0.2) is 110 Å². The molecule has 4 N–H and O–H groups in total. The van der Waals surface area contributed by atoms with Crippen molar-refractivity contribution < 1.29 is 37.8 Å². The topological polar surface area (TPSA) is 197 Å². The second-order valence-corrected chi connectivity index (χ2v) is 23.6. The molecule has 5 aliphatic heterocycles. The monoisotopic (exact) mass is 1050 g/mol. The molecule has 0 aromatic carbocycles. The highest BCUT2D eigenvalue weighted by Crippen LogP contribution is 2.48. The van der Waals surface area contributed by atoms with Crippen molar-refractivity contribution in [3.63, 3.8) is 0 Å². The van der Waals surface area contributed by atoms with Gasteiger partial charge in [-0.25, -0.2) is 4.98 Å². The second-order valence-electron chi connectivity index (χ2n) is 23.2. The number of carbonyl (C=O) groups excluding carboxylic acids is 2. The summed E-state index contributed by atoms with van der Waals surface area (Å²) in [6.07, 6.45) is 24.7. The first-order chi connectivity index (χ1) is 36.7. The van der Waals surface area contributed by atoms with E-state index in [1.54, 1.807) is 18.6 Å². The van der Waals surface area contributed by atoms with Gasteiger partial charge in [0.1, 0.15) is 28.9 Å². The first kappa shape index (κ1) is 49.5. The van der Waals surface area contributed by atoms with Crippen LogP contribution in [0.5, 0.6) is 11.5 Å². The Morgan fingerprint density at radius 1 is 0.605 bits per heavy atom. The van der Waals surface area contributed by atoms with Gasteiger partial charge in [-0.05, 0) is 126 Å². The minimum absolute atomic E-state index is 0.000329. The number of nitrogens with one attached hydrogen (secondary N) is 4. The van der Waals surface area contributed by atoms with Gasteiger partial charge < -0.3 is 48.9 Å². The molecule has 9 aliphatic rings. The molecule has 0 unspecified atom stereocenters. The number of pyridine rings is 4. The van der Waals surface area contributed by atoms with Crippen LogP contribution in [0, 0.1) is 0 Å². The van der Waals surface area contributed by atoms with Gasteiger partial charge in [0.05, 0.1) is 78.2 Å². The molecule has 0 atom stereocenters. The van der Waals surface area contributed by atoms with Crippen molar-refractivity contribution in [1.82, 2.24) is 40.5 Å². The molecule has 5 fully saturated rings. The van der Waals surface area contributed by atoms with Gasteiger partial charge in [0.15, 0.2) is 0 Å². The number of fused-ring (bicyclic) bond motifs is 10. The molecule has 3 saturated heterocycles. The van der Waals surface area contributed by atoms with Crippen LogP contribution < -0.4 is 25.6 Å². The standard InChI is InChI=1S/C26H26N4O3.C16H24BNO4.C16H14ClN3O/c31-25-23-19-2-1-15-13-28-21(10-20(15)24(19)29-22(23)11-26(30-25)5-6-26)16-9-18(14-27-12-16)33-17-3-7-32-8-4-17;1-15(2)16(3,4)22-17(21-15)12-9-14(11-18-10-12)20-13-5-7-19-8-6-13;17-12-5-10-8(7-18-12)1-2-9-13-11(19-14(9)10)6-16(3-4-16)20-15(13)21/h9-10,12-14,17,29H,1-8,11H2,(H,30,31);9-11,13H,5-8H2,1-4H3;5,7,19H,1-4,6H2,(H,20,21). The average Bonchev–Trinajstić information content (AvgIpc) is 4.32. The van der Waals surface area contributed by atoms with Crippen LogP contribution >= 0.6 is 11.6 Å². The maximum absolute atomic E-state index is 12.9. The summed E-state index contributed by atoms with van der Waals surface area (Å²) in [4.78, 5) is 50.1. The zero-order valence-electron chi connectivity index (χ0n) is 43.7. The van der Waals surface area contributed by atoms with Crippen molar-refractivity contribution in [1.29, 1.82) is 0 Å². The van der Waals surface area contributed by atoms with Crippen LogP contribution in [-0.2, 0) is 57.3 Å². The number of aryl methyl sites for hydroxylation is 2.